The quantitative estimate of drug-likeness (QED) is 0.708. The van der Waals surface area contributed by atoms with E-state index in [1.54, 1.807) is 11.0 Å². The first-order valence-electron chi connectivity index (χ1n) is 10.5. The van der Waals surface area contributed by atoms with Gasteiger partial charge in [0, 0.05) is 62.6 Å². The lowest BCUT2D eigenvalue weighted by molar-refractivity contribution is -0.136. The molecule has 0 bridgehead atoms. The molecule has 1 unspecified atom stereocenters. The van der Waals surface area contributed by atoms with Crippen molar-refractivity contribution in [3.05, 3.63) is 29.3 Å². The summed E-state index contributed by atoms with van der Waals surface area (Å²) in [5, 5.41) is 5.72. The standard InChI is InChI=1S/C21H26N4O4/c26-19-5-4-17(20(27)23-19)25-12-16-15(21(25)28)2-1-3-18(16)29-14-10-13(11-14)24-8-6-22-7-9-24/h1-3,13-14,17,22H,4-12H2,(H,23,26,27). The molecule has 2 saturated heterocycles. The molecule has 0 aromatic heterocycles. The minimum Gasteiger partial charge on any atom is -0.490 e. The van der Waals surface area contributed by atoms with E-state index >= 15 is 0 Å². The van der Waals surface area contributed by atoms with Crippen LogP contribution in [-0.4, -0.2) is 71.9 Å². The van der Waals surface area contributed by atoms with E-state index in [0.717, 1.165) is 50.3 Å². The monoisotopic (exact) mass is 398 g/mol. The van der Waals surface area contributed by atoms with Gasteiger partial charge in [-0.15, -0.1) is 0 Å². The van der Waals surface area contributed by atoms with Crippen molar-refractivity contribution in [3.8, 4) is 5.75 Å². The molecule has 0 spiro atoms. The Bertz CT molecular complexity index is 845. The van der Waals surface area contributed by atoms with Gasteiger partial charge in [-0.2, -0.15) is 0 Å². The molecule has 154 valence electrons. The molecule has 1 saturated carbocycles. The summed E-state index contributed by atoms with van der Waals surface area (Å²) in [6.07, 6.45) is 2.81. The van der Waals surface area contributed by atoms with E-state index in [2.05, 4.69) is 15.5 Å². The number of hydrogen-bond acceptors (Lipinski definition) is 6. The first-order chi connectivity index (χ1) is 14.1. The molecule has 3 aliphatic heterocycles. The van der Waals surface area contributed by atoms with Crippen molar-refractivity contribution >= 4 is 17.7 Å². The molecule has 1 aromatic carbocycles. The lowest BCUT2D eigenvalue weighted by atomic mass is 9.87. The zero-order valence-electron chi connectivity index (χ0n) is 16.4. The molecule has 3 fully saturated rings. The fourth-order valence-electron chi connectivity index (χ4n) is 4.83. The molecule has 5 rings (SSSR count). The maximum Gasteiger partial charge on any atom is 0.255 e. The Labute approximate surface area is 169 Å². The van der Waals surface area contributed by atoms with Crippen molar-refractivity contribution in [2.24, 2.45) is 0 Å². The van der Waals surface area contributed by atoms with Crippen LogP contribution < -0.4 is 15.4 Å². The molecule has 3 amide bonds. The first-order valence-corrected chi connectivity index (χ1v) is 10.5. The van der Waals surface area contributed by atoms with E-state index in [1.807, 2.05) is 12.1 Å². The van der Waals surface area contributed by atoms with Gasteiger partial charge in [-0.1, -0.05) is 6.07 Å². The normalized spacial score (nSPS) is 30.0. The van der Waals surface area contributed by atoms with E-state index < -0.39 is 6.04 Å². The van der Waals surface area contributed by atoms with Crippen LogP contribution in [0.2, 0.25) is 0 Å². The number of amides is 3. The number of piperidine rings is 1. The summed E-state index contributed by atoms with van der Waals surface area (Å²) >= 11 is 0. The zero-order chi connectivity index (χ0) is 20.0. The molecule has 8 nitrogen and oxygen atoms in total. The van der Waals surface area contributed by atoms with Gasteiger partial charge in [0.15, 0.2) is 0 Å². The van der Waals surface area contributed by atoms with Gasteiger partial charge in [0.1, 0.15) is 17.9 Å². The molecular weight excluding hydrogens is 372 g/mol. The molecule has 1 atom stereocenters. The minimum absolute atomic E-state index is 0.160. The van der Waals surface area contributed by atoms with E-state index in [-0.39, 0.29) is 30.2 Å². The van der Waals surface area contributed by atoms with Crippen LogP contribution in [0.1, 0.15) is 41.6 Å². The zero-order valence-corrected chi connectivity index (χ0v) is 16.4. The van der Waals surface area contributed by atoms with Gasteiger partial charge in [-0.25, -0.2) is 0 Å². The number of rotatable bonds is 4. The highest BCUT2D eigenvalue weighted by molar-refractivity contribution is 6.05. The van der Waals surface area contributed by atoms with Crippen LogP contribution in [0.4, 0.5) is 0 Å². The highest BCUT2D eigenvalue weighted by Gasteiger charge is 2.41. The summed E-state index contributed by atoms with van der Waals surface area (Å²) in [5.74, 6) is -0.0761. The van der Waals surface area contributed by atoms with Crippen molar-refractivity contribution in [1.29, 1.82) is 0 Å². The number of imide groups is 1. The summed E-state index contributed by atoms with van der Waals surface area (Å²) in [5.41, 5.74) is 1.46. The Hall–Kier alpha value is -2.45. The number of nitrogens with zero attached hydrogens (tertiary/aromatic N) is 2. The van der Waals surface area contributed by atoms with Crippen LogP contribution in [-0.2, 0) is 16.1 Å². The number of nitrogens with one attached hydrogen (secondary N) is 2. The van der Waals surface area contributed by atoms with Gasteiger partial charge in [-0.3, -0.25) is 24.6 Å². The maximum atomic E-state index is 12.9. The van der Waals surface area contributed by atoms with Crippen LogP contribution in [0.15, 0.2) is 18.2 Å². The lowest BCUT2D eigenvalue weighted by Gasteiger charge is -2.44. The van der Waals surface area contributed by atoms with Crippen LogP contribution in [0.3, 0.4) is 0 Å². The average Bonchev–Trinajstić information content (AvgIpc) is 3.02. The molecule has 4 aliphatic rings. The molecule has 1 aliphatic carbocycles. The fourth-order valence-corrected chi connectivity index (χ4v) is 4.83. The van der Waals surface area contributed by atoms with Gasteiger partial charge in [0.2, 0.25) is 11.8 Å². The third-order valence-electron chi connectivity index (χ3n) is 6.57. The number of piperazine rings is 1. The number of fused-ring (bicyclic) bond motifs is 1. The molecule has 3 heterocycles. The van der Waals surface area contributed by atoms with E-state index in [0.29, 0.717) is 24.6 Å². The second-order valence-electron chi connectivity index (χ2n) is 8.33. The molecular formula is C21H26N4O4. The first kappa shape index (κ1) is 18.6. The van der Waals surface area contributed by atoms with Gasteiger partial charge in [0.25, 0.3) is 5.91 Å². The second kappa shape index (κ2) is 7.42. The summed E-state index contributed by atoms with van der Waals surface area (Å²) in [6.45, 7) is 4.63. The molecule has 2 N–H and O–H groups in total. The van der Waals surface area contributed by atoms with E-state index in [4.69, 9.17) is 4.74 Å². The highest BCUT2D eigenvalue weighted by atomic mass is 16.5. The third-order valence-corrected chi connectivity index (χ3v) is 6.57. The Morgan fingerprint density at radius 2 is 1.86 bits per heavy atom. The average molecular weight is 398 g/mol. The van der Waals surface area contributed by atoms with E-state index in [9.17, 15) is 14.4 Å². The Morgan fingerprint density at radius 1 is 1.07 bits per heavy atom. The van der Waals surface area contributed by atoms with E-state index in [1.165, 1.54) is 0 Å². The van der Waals surface area contributed by atoms with Crippen molar-refractivity contribution in [1.82, 2.24) is 20.4 Å². The van der Waals surface area contributed by atoms with Crippen LogP contribution >= 0.6 is 0 Å². The fraction of sp³-hybridized carbons (Fsp3) is 0.571. The van der Waals surface area contributed by atoms with Crippen molar-refractivity contribution in [2.75, 3.05) is 26.2 Å². The predicted molar refractivity (Wildman–Crippen MR) is 104 cm³/mol. The number of ether oxygens (including phenoxy) is 1. The molecule has 0 radical (unpaired) electrons. The Morgan fingerprint density at radius 3 is 2.62 bits per heavy atom. The predicted octanol–water partition coefficient (Wildman–Crippen LogP) is 0.263. The highest BCUT2D eigenvalue weighted by Crippen LogP contribution is 2.37. The van der Waals surface area contributed by atoms with Gasteiger partial charge >= 0.3 is 0 Å². The van der Waals surface area contributed by atoms with Crippen LogP contribution in [0, 0.1) is 0 Å². The van der Waals surface area contributed by atoms with Crippen molar-refractivity contribution in [2.45, 2.75) is 50.4 Å². The SMILES string of the molecule is O=C1CCC(N2Cc3c(OC4CC(N5CCNCC5)C4)cccc3C2=O)C(=O)N1. The topological polar surface area (TPSA) is 91.0 Å². The number of hydrogen-bond donors (Lipinski definition) is 2. The van der Waals surface area contributed by atoms with Crippen LogP contribution in [0.25, 0.3) is 0 Å². The summed E-state index contributed by atoms with van der Waals surface area (Å²) in [7, 11) is 0. The summed E-state index contributed by atoms with van der Waals surface area (Å²) in [4.78, 5) is 40.7. The van der Waals surface area contributed by atoms with Gasteiger partial charge in [-0.05, 0) is 18.6 Å². The van der Waals surface area contributed by atoms with Gasteiger partial charge < -0.3 is 15.0 Å². The minimum atomic E-state index is -0.596. The largest absolute Gasteiger partial charge is 0.490 e. The third kappa shape index (κ3) is 3.40. The molecule has 1 aromatic rings. The van der Waals surface area contributed by atoms with Gasteiger partial charge in [0.05, 0.1) is 6.54 Å². The number of carbonyl (C=O) groups is 3. The lowest BCUT2D eigenvalue weighted by Crippen LogP contribution is -2.55. The maximum absolute atomic E-state index is 12.9. The van der Waals surface area contributed by atoms with Crippen molar-refractivity contribution in [3.63, 3.8) is 0 Å². The second-order valence-corrected chi connectivity index (χ2v) is 8.33. The Kier molecular flexibility index (Phi) is 4.75. The van der Waals surface area contributed by atoms with Crippen molar-refractivity contribution < 1.29 is 19.1 Å². The smallest absolute Gasteiger partial charge is 0.255 e. The number of carbonyl (C=O) groups excluding carboxylic acids is 3. The summed E-state index contributed by atoms with van der Waals surface area (Å²) in [6, 6.07) is 5.53. The van der Waals surface area contributed by atoms with Crippen LogP contribution in [0.5, 0.6) is 5.75 Å². The molecule has 29 heavy (non-hydrogen) atoms. The molecule has 8 heteroatoms. The number of benzene rings is 1. The Balaban J connectivity index is 1.25. The summed E-state index contributed by atoms with van der Waals surface area (Å²) < 4.78 is 6.27.